The fourth-order valence-electron chi connectivity index (χ4n) is 1.97. The van der Waals surface area contributed by atoms with Gasteiger partial charge in [0, 0.05) is 7.05 Å². The largest absolute Gasteiger partial charge is 0.496 e. The second-order valence-corrected chi connectivity index (χ2v) is 5.61. The zero-order valence-electron chi connectivity index (χ0n) is 10.8. The van der Waals surface area contributed by atoms with Gasteiger partial charge in [0.25, 0.3) is 0 Å². The Morgan fingerprint density at radius 1 is 1.37 bits per heavy atom. The molecule has 0 fully saturated rings. The van der Waals surface area contributed by atoms with E-state index in [1.54, 1.807) is 11.8 Å². The summed E-state index contributed by atoms with van der Waals surface area (Å²) in [5.41, 5.74) is 2.07. The molecule has 7 heteroatoms. The Labute approximate surface area is 128 Å². The number of hydrogen-bond acceptors (Lipinski definition) is 4. The van der Waals surface area contributed by atoms with Gasteiger partial charge in [0.05, 0.1) is 23.3 Å². The first-order valence-electron chi connectivity index (χ1n) is 5.64. The van der Waals surface area contributed by atoms with E-state index in [4.69, 9.17) is 4.74 Å². The molecule has 0 amide bonds. The minimum atomic E-state index is -0.00317. The number of hydrogen-bond donors (Lipinski definition) is 1. The van der Waals surface area contributed by atoms with E-state index < -0.39 is 0 Å². The smallest absolute Gasteiger partial charge is 0.153 e. The van der Waals surface area contributed by atoms with E-state index in [1.165, 1.54) is 0 Å². The lowest BCUT2D eigenvalue weighted by Crippen LogP contribution is -2.21. The summed E-state index contributed by atoms with van der Waals surface area (Å²) in [5.74, 6) is 0.806. The summed E-state index contributed by atoms with van der Waals surface area (Å²) in [6.45, 7) is 0. The van der Waals surface area contributed by atoms with Gasteiger partial charge in [-0.1, -0.05) is 11.3 Å². The van der Waals surface area contributed by atoms with Crippen LogP contribution in [0.2, 0.25) is 0 Å². The van der Waals surface area contributed by atoms with Crippen LogP contribution in [0.3, 0.4) is 0 Å². The van der Waals surface area contributed by atoms with Crippen molar-refractivity contribution in [1.82, 2.24) is 20.3 Å². The molecular weight excluding hydrogens is 376 g/mol. The number of nitrogens with zero attached hydrogens (tertiary/aromatic N) is 3. The lowest BCUT2D eigenvalue weighted by molar-refractivity contribution is 0.411. The molecule has 0 radical (unpaired) electrons. The summed E-state index contributed by atoms with van der Waals surface area (Å²) in [5, 5.41) is 11.3. The summed E-state index contributed by atoms with van der Waals surface area (Å²) < 4.78 is 8.65. The Balaban J connectivity index is 2.46. The number of benzene rings is 1. The van der Waals surface area contributed by atoms with Crippen molar-refractivity contribution in [2.75, 3.05) is 14.2 Å². The summed E-state index contributed by atoms with van der Waals surface area (Å²) in [6, 6.07) is 5.97. The number of halogens is 2. The second-order valence-electron chi connectivity index (χ2n) is 4.00. The third-order valence-electron chi connectivity index (χ3n) is 2.90. The predicted molar refractivity (Wildman–Crippen MR) is 80.3 cm³/mol. The van der Waals surface area contributed by atoms with E-state index in [0.717, 1.165) is 26.1 Å². The fraction of sp³-hybridized carbons (Fsp3) is 0.333. The van der Waals surface area contributed by atoms with Crippen LogP contribution in [-0.4, -0.2) is 29.2 Å². The predicted octanol–water partition coefficient (Wildman–Crippen LogP) is 2.66. The molecule has 0 saturated heterocycles. The van der Waals surface area contributed by atoms with Gasteiger partial charge >= 0.3 is 0 Å². The minimum absolute atomic E-state index is 0.00317. The van der Waals surface area contributed by atoms with Gasteiger partial charge in [0.15, 0.2) is 4.60 Å². The van der Waals surface area contributed by atoms with E-state index in [0.29, 0.717) is 0 Å². The number of ether oxygens (including phenoxy) is 1. The van der Waals surface area contributed by atoms with Crippen LogP contribution in [0, 0.1) is 0 Å². The van der Waals surface area contributed by atoms with E-state index in [9.17, 15) is 0 Å². The maximum atomic E-state index is 5.25. The van der Waals surface area contributed by atoms with Crippen molar-refractivity contribution in [3.63, 3.8) is 0 Å². The topological polar surface area (TPSA) is 52.0 Å². The van der Waals surface area contributed by atoms with Crippen LogP contribution < -0.4 is 10.1 Å². The van der Waals surface area contributed by atoms with Crippen molar-refractivity contribution >= 4 is 31.9 Å². The molecule has 1 aromatic heterocycles. The molecule has 0 spiro atoms. The molecule has 1 N–H and O–H groups in total. The molecule has 0 saturated carbocycles. The molecule has 0 bridgehead atoms. The Morgan fingerprint density at radius 2 is 2.11 bits per heavy atom. The molecule has 5 nitrogen and oxygen atoms in total. The molecular formula is C12H14Br2N4O. The van der Waals surface area contributed by atoms with Gasteiger partial charge in [0.1, 0.15) is 5.75 Å². The maximum Gasteiger partial charge on any atom is 0.153 e. The Kier molecular flexibility index (Phi) is 4.59. The highest BCUT2D eigenvalue weighted by Crippen LogP contribution is 2.32. The summed E-state index contributed by atoms with van der Waals surface area (Å²) in [7, 11) is 5.43. The highest BCUT2D eigenvalue weighted by Gasteiger charge is 2.21. The first-order valence-corrected chi connectivity index (χ1v) is 7.22. The Morgan fingerprint density at radius 3 is 2.58 bits per heavy atom. The second kappa shape index (κ2) is 6.02. The Hall–Kier alpha value is -0.920. The van der Waals surface area contributed by atoms with Gasteiger partial charge in [-0.15, -0.1) is 5.10 Å². The quantitative estimate of drug-likeness (QED) is 0.873. The van der Waals surface area contributed by atoms with Crippen LogP contribution in [0.1, 0.15) is 17.3 Å². The molecule has 0 aliphatic heterocycles. The summed E-state index contributed by atoms with van der Waals surface area (Å²) >= 11 is 6.93. The lowest BCUT2D eigenvalue weighted by Gasteiger charge is -2.18. The highest BCUT2D eigenvalue weighted by molar-refractivity contribution is 9.10. The van der Waals surface area contributed by atoms with Crippen molar-refractivity contribution in [3.05, 3.63) is 38.5 Å². The SMILES string of the molecule is CNC(c1ccc(OC)c(Br)c1)c1c(Br)nnn1C. The average molecular weight is 390 g/mol. The molecule has 102 valence electrons. The zero-order valence-corrected chi connectivity index (χ0v) is 14.0. The minimum Gasteiger partial charge on any atom is -0.496 e. The van der Waals surface area contributed by atoms with Crippen molar-refractivity contribution in [1.29, 1.82) is 0 Å². The molecule has 19 heavy (non-hydrogen) atoms. The molecule has 1 atom stereocenters. The van der Waals surface area contributed by atoms with Crippen LogP contribution in [0.5, 0.6) is 5.75 Å². The zero-order chi connectivity index (χ0) is 14.0. The molecule has 1 aromatic carbocycles. The van der Waals surface area contributed by atoms with Crippen molar-refractivity contribution in [2.24, 2.45) is 7.05 Å². The van der Waals surface area contributed by atoms with Crippen LogP contribution in [-0.2, 0) is 7.05 Å². The summed E-state index contributed by atoms with van der Waals surface area (Å²) in [6.07, 6.45) is 0. The van der Waals surface area contributed by atoms with Crippen LogP contribution in [0.25, 0.3) is 0 Å². The molecule has 1 heterocycles. The van der Waals surface area contributed by atoms with E-state index in [1.807, 2.05) is 32.3 Å². The average Bonchev–Trinajstić information content (AvgIpc) is 2.72. The van der Waals surface area contributed by atoms with Crippen molar-refractivity contribution in [2.45, 2.75) is 6.04 Å². The first-order chi connectivity index (χ1) is 9.08. The van der Waals surface area contributed by atoms with Crippen molar-refractivity contribution in [3.8, 4) is 5.75 Å². The van der Waals surface area contributed by atoms with Crippen LogP contribution in [0.4, 0.5) is 0 Å². The van der Waals surface area contributed by atoms with Gasteiger partial charge < -0.3 is 10.1 Å². The molecule has 0 aliphatic rings. The Bertz CT molecular complexity index is 566. The van der Waals surface area contributed by atoms with Gasteiger partial charge in [0.2, 0.25) is 0 Å². The molecule has 1 unspecified atom stereocenters. The van der Waals surface area contributed by atoms with Crippen molar-refractivity contribution < 1.29 is 4.74 Å². The first kappa shape index (κ1) is 14.5. The van der Waals surface area contributed by atoms with Gasteiger partial charge in [-0.3, -0.25) is 0 Å². The van der Waals surface area contributed by atoms with Gasteiger partial charge in [-0.2, -0.15) is 0 Å². The normalized spacial score (nSPS) is 12.5. The van der Waals surface area contributed by atoms with E-state index in [2.05, 4.69) is 47.5 Å². The number of aromatic nitrogens is 3. The molecule has 2 rings (SSSR count). The number of aryl methyl sites for hydroxylation is 1. The van der Waals surface area contributed by atoms with Crippen LogP contribution >= 0.6 is 31.9 Å². The monoisotopic (exact) mass is 388 g/mol. The molecule has 2 aromatic rings. The van der Waals surface area contributed by atoms with Crippen LogP contribution in [0.15, 0.2) is 27.3 Å². The lowest BCUT2D eigenvalue weighted by atomic mass is 10.0. The molecule has 0 aliphatic carbocycles. The van der Waals surface area contributed by atoms with E-state index >= 15 is 0 Å². The standard InChI is InChI=1S/C12H14Br2N4O/c1-15-10(11-12(14)16-17-18(11)2)7-4-5-9(19-3)8(13)6-7/h4-6,10,15H,1-3H3. The van der Waals surface area contributed by atoms with Gasteiger partial charge in [-0.25, -0.2) is 4.68 Å². The third kappa shape index (κ3) is 2.82. The van der Waals surface area contributed by atoms with Gasteiger partial charge in [-0.05, 0) is 56.6 Å². The number of nitrogens with one attached hydrogen (secondary N) is 1. The van der Waals surface area contributed by atoms with E-state index in [-0.39, 0.29) is 6.04 Å². The summed E-state index contributed by atoms with van der Waals surface area (Å²) in [4.78, 5) is 0. The number of methoxy groups -OCH3 is 1. The highest BCUT2D eigenvalue weighted by atomic mass is 79.9. The fourth-order valence-corrected chi connectivity index (χ4v) is 3.08. The number of rotatable bonds is 4. The third-order valence-corrected chi connectivity index (χ3v) is 4.08. The maximum absolute atomic E-state index is 5.25.